The number of amides is 1. The molecule has 0 aromatic heterocycles. The molecule has 1 amide bonds. The molecule has 0 unspecified atom stereocenters. The van der Waals surface area contributed by atoms with Gasteiger partial charge in [0, 0.05) is 25.3 Å². The monoisotopic (exact) mass is 588 g/mol. The average molecular weight is 589 g/mol. The molecule has 2 saturated carbocycles. The first kappa shape index (κ1) is 27.3. The number of sulfonamides is 2. The van der Waals surface area contributed by atoms with Crippen molar-refractivity contribution in [3.8, 4) is 0 Å². The highest BCUT2D eigenvalue weighted by molar-refractivity contribution is 7.93. The minimum absolute atomic E-state index is 0.327. The average Bonchev–Trinajstić information content (AvgIpc) is 3.47. The lowest BCUT2D eigenvalue weighted by Gasteiger charge is -2.35. The number of nitrogens with zero attached hydrogens (tertiary/aromatic N) is 2. The van der Waals surface area contributed by atoms with Crippen molar-refractivity contribution in [1.29, 1.82) is 0 Å². The van der Waals surface area contributed by atoms with Crippen LogP contribution in [0.3, 0.4) is 0 Å². The lowest BCUT2D eigenvalue weighted by Crippen LogP contribution is -2.41. The van der Waals surface area contributed by atoms with Gasteiger partial charge in [-0.1, -0.05) is 12.5 Å². The van der Waals surface area contributed by atoms with Gasteiger partial charge < -0.3 is 15.3 Å². The van der Waals surface area contributed by atoms with Gasteiger partial charge in [0.15, 0.2) is 0 Å². The van der Waals surface area contributed by atoms with Crippen LogP contribution < -0.4 is 19.2 Å². The number of rotatable bonds is 9. The molecule has 3 fully saturated rings. The number of carbonyl (C=O) groups excluding carboxylic acids is 1. The number of benzene rings is 2. The molecule has 0 bridgehead atoms. The van der Waals surface area contributed by atoms with Crippen molar-refractivity contribution >= 4 is 48.7 Å². The lowest BCUT2D eigenvalue weighted by atomic mass is 9.93. The lowest BCUT2D eigenvalue weighted by molar-refractivity contribution is 0.102. The third-order valence-electron chi connectivity index (χ3n) is 8.97. The number of carbonyl (C=O) groups is 1. The molecular formula is C28H36N4O6S2. The van der Waals surface area contributed by atoms with Crippen molar-refractivity contribution in [2.24, 2.45) is 5.41 Å². The number of nitrogens with one attached hydrogen (secondary N) is 2. The molecule has 2 aromatic carbocycles. The summed E-state index contributed by atoms with van der Waals surface area (Å²) in [5, 5.41) is 11.7. The zero-order valence-corrected chi connectivity index (χ0v) is 24.1. The highest BCUT2D eigenvalue weighted by Crippen LogP contribution is 2.54. The van der Waals surface area contributed by atoms with E-state index >= 15 is 0 Å². The number of aliphatic hydroxyl groups is 1. The van der Waals surface area contributed by atoms with Crippen LogP contribution in [0.1, 0.15) is 60.9 Å². The second-order valence-electron chi connectivity index (χ2n) is 11.6. The zero-order chi connectivity index (χ0) is 28.1. The normalized spacial score (nSPS) is 20.2. The Labute approximate surface area is 235 Å². The standard InChI is InChI=1S/C28H36N4O6S2/c33-16-17-39(35,36)30-22-6-7-24(26(19-22)31-14-11-28(9-10-28)12-15-31)27(34)29-21-5-4-20-8-13-32(25(20)18-21)40(37,38)23-2-1-3-23/h4-7,18-19,23,30,33H,1-3,8-17H2,(H,29,34). The molecule has 6 rings (SSSR count). The molecule has 216 valence electrons. The topological polar surface area (TPSA) is 136 Å². The van der Waals surface area contributed by atoms with Gasteiger partial charge in [0.25, 0.3) is 5.91 Å². The number of fused-ring (bicyclic) bond motifs is 1. The van der Waals surface area contributed by atoms with E-state index < -0.39 is 32.4 Å². The van der Waals surface area contributed by atoms with Crippen LogP contribution in [0.5, 0.6) is 0 Å². The molecule has 4 aliphatic rings. The van der Waals surface area contributed by atoms with E-state index in [0.29, 0.717) is 59.5 Å². The Kier molecular flexibility index (Phi) is 6.99. The van der Waals surface area contributed by atoms with Crippen LogP contribution in [0.4, 0.5) is 22.7 Å². The van der Waals surface area contributed by atoms with Gasteiger partial charge in [-0.2, -0.15) is 0 Å². The van der Waals surface area contributed by atoms with Crippen molar-refractivity contribution in [3.05, 3.63) is 47.5 Å². The van der Waals surface area contributed by atoms with Crippen LogP contribution in [-0.4, -0.2) is 65.1 Å². The Morgan fingerprint density at radius 2 is 1.62 bits per heavy atom. The summed E-state index contributed by atoms with van der Waals surface area (Å²) in [6.45, 7) is 1.48. The van der Waals surface area contributed by atoms with Crippen LogP contribution in [0.15, 0.2) is 36.4 Å². The second kappa shape index (κ2) is 10.2. The van der Waals surface area contributed by atoms with Crippen LogP contribution in [0.2, 0.25) is 0 Å². The molecule has 2 aromatic rings. The Morgan fingerprint density at radius 3 is 2.27 bits per heavy atom. The van der Waals surface area contributed by atoms with E-state index in [2.05, 4.69) is 14.9 Å². The highest BCUT2D eigenvalue weighted by atomic mass is 32.2. The first-order chi connectivity index (χ1) is 19.1. The smallest absolute Gasteiger partial charge is 0.257 e. The summed E-state index contributed by atoms with van der Waals surface area (Å²) in [6.07, 6.45) is 7.50. The number of piperidine rings is 1. The summed E-state index contributed by atoms with van der Waals surface area (Å²) < 4.78 is 54.9. The molecule has 1 saturated heterocycles. The molecule has 2 heterocycles. The van der Waals surface area contributed by atoms with Crippen molar-refractivity contribution in [2.75, 3.05) is 51.2 Å². The first-order valence-electron chi connectivity index (χ1n) is 14.1. The van der Waals surface area contributed by atoms with Gasteiger partial charge in [0.1, 0.15) is 0 Å². The molecule has 0 radical (unpaired) electrons. The first-order valence-corrected chi connectivity index (χ1v) is 17.2. The molecule has 12 heteroatoms. The molecule has 40 heavy (non-hydrogen) atoms. The second-order valence-corrected chi connectivity index (χ2v) is 15.6. The van der Waals surface area contributed by atoms with Gasteiger partial charge in [-0.3, -0.25) is 13.8 Å². The summed E-state index contributed by atoms with van der Waals surface area (Å²) in [7, 11) is -7.14. The van der Waals surface area contributed by atoms with Crippen LogP contribution in [0.25, 0.3) is 0 Å². The maximum Gasteiger partial charge on any atom is 0.257 e. The Morgan fingerprint density at radius 1 is 0.925 bits per heavy atom. The molecule has 2 aliphatic carbocycles. The van der Waals surface area contributed by atoms with Gasteiger partial charge in [0.05, 0.1) is 40.2 Å². The number of anilines is 4. The van der Waals surface area contributed by atoms with E-state index in [4.69, 9.17) is 5.11 Å². The van der Waals surface area contributed by atoms with Crippen LogP contribution in [-0.2, 0) is 26.5 Å². The maximum atomic E-state index is 13.6. The summed E-state index contributed by atoms with van der Waals surface area (Å²) in [5.74, 6) is -0.763. The highest BCUT2D eigenvalue weighted by Gasteiger charge is 2.45. The summed E-state index contributed by atoms with van der Waals surface area (Å²) >= 11 is 0. The van der Waals surface area contributed by atoms with Crippen molar-refractivity contribution in [2.45, 2.75) is 56.6 Å². The SMILES string of the molecule is O=C(Nc1ccc2c(c1)N(S(=O)(=O)C1CCC1)CC2)c1ccc(NS(=O)(=O)CCO)cc1N1CCC2(CC1)CC2. The van der Waals surface area contributed by atoms with Crippen LogP contribution >= 0.6 is 0 Å². The van der Waals surface area contributed by atoms with E-state index in [9.17, 15) is 21.6 Å². The van der Waals surface area contributed by atoms with Gasteiger partial charge in [-0.15, -0.1) is 0 Å². The van der Waals surface area contributed by atoms with Crippen molar-refractivity contribution in [1.82, 2.24) is 0 Å². The third-order valence-corrected chi connectivity index (χ3v) is 12.5. The van der Waals surface area contributed by atoms with Crippen molar-refractivity contribution in [3.63, 3.8) is 0 Å². The molecule has 1 spiro atoms. The summed E-state index contributed by atoms with van der Waals surface area (Å²) in [5.41, 5.74) is 3.90. The largest absolute Gasteiger partial charge is 0.395 e. The Hall–Kier alpha value is -2.83. The molecule has 10 nitrogen and oxygen atoms in total. The minimum atomic E-state index is -3.72. The van der Waals surface area contributed by atoms with Crippen LogP contribution in [0, 0.1) is 5.41 Å². The predicted molar refractivity (Wildman–Crippen MR) is 156 cm³/mol. The quantitative estimate of drug-likeness (QED) is 0.409. The fourth-order valence-corrected chi connectivity index (χ4v) is 8.94. The Balaban J connectivity index is 1.26. The minimum Gasteiger partial charge on any atom is -0.395 e. The Bertz CT molecular complexity index is 1520. The third kappa shape index (κ3) is 5.28. The van der Waals surface area contributed by atoms with Gasteiger partial charge in [0.2, 0.25) is 20.0 Å². The van der Waals surface area contributed by atoms with Gasteiger partial charge in [-0.25, -0.2) is 16.8 Å². The molecular weight excluding hydrogens is 552 g/mol. The fraction of sp³-hybridized carbons (Fsp3) is 0.536. The fourth-order valence-electron chi connectivity index (χ4n) is 6.04. The predicted octanol–water partition coefficient (Wildman–Crippen LogP) is 3.30. The van der Waals surface area contributed by atoms with E-state index in [-0.39, 0.29) is 11.2 Å². The summed E-state index contributed by atoms with van der Waals surface area (Å²) in [6, 6.07) is 10.3. The number of hydrogen-bond acceptors (Lipinski definition) is 7. The van der Waals surface area contributed by atoms with E-state index in [0.717, 1.165) is 37.9 Å². The maximum absolute atomic E-state index is 13.6. The van der Waals surface area contributed by atoms with E-state index in [1.165, 1.54) is 17.1 Å². The van der Waals surface area contributed by atoms with Crippen molar-refractivity contribution < 1.29 is 26.7 Å². The van der Waals surface area contributed by atoms with Gasteiger partial charge in [-0.05, 0) is 86.3 Å². The molecule has 2 aliphatic heterocycles. The zero-order valence-electron chi connectivity index (χ0n) is 22.4. The number of aliphatic hydroxyl groups excluding tert-OH is 1. The van der Waals surface area contributed by atoms with E-state index in [1.54, 1.807) is 30.3 Å². The number of hydrogen-bond donors (Lipinski definition) is 3. The molecule has 3 N–H and O–H groups in total. The van der Waals surface area contributed by atoms with E-state index in [1.807, 2.05) is 6.07 Å². The molecule has 0 atom stereocenters. The summed E-state index contributed by atoms with van der Waals surface area (Å²) in [4.78, 5) is 15.8. The van der Waals surface area contributed by atoms with Gasteiger partial charge >= 0.3 is 0 Å².